The van der Waals surface area contributed by atoms with Crippen molar-refractivity contribution in [1.82, 2.24) is 0 Å². The van der Waals surface area contributed by atoms with Crippen LogP contribution in [-0.2, 0) is 9.53 Å². The number of carbonyl (C=O) groups excluding carboxylic acids is 2. The van der Waals surface area contributed by atoms with Crippen molar-refractivity contribution in [1.29, 1.82) is 0 Å². The van der Waals surface area contributed by atoms with Crippen molar-refractivity contribution in [3.63, 3.8) is 0 Å². The summed E-state index contributed by atoms with van der Waals surface area (Å²) in [4.78, 5) is 24.0. The summed E-state index contributed by atoms with van der Waals surface area (Å²) in [6.45, 7) is 4.87. The minimum Gasteiger partial charge on any atom is -0.432 e. The molecule has 2 rings (SSSR count). The molecule has 3 nitrogen and oxygen atoms in total. The van der Waals surface area contributed by atoms with Gasteiger partial charge in [0, 0.05) is 17.2 Å². The molecule has 0 saturated carbocycles. The molecule has 0 radical (unpaired) electrons. The fraction of sp³-hybridized carbons (Fsp3) is 0.0667. The number of benzene rings is 2. The second-order valence-corrected chi connectivity index (χ2v) is 5.04. The Labute approximate surface area is 115 Å². The van der Waals surface area contributed by atoms with Gasteiger partial charge in [-0.25, -0.2) is 4.79 Å². The first-order valence-electron chi connectivity index (χ1n) is 5.65. The summed E-state index contributed by atoms with van der Waals surface area (Å²) in [5.74, 6) is -0.475. The van der Waals surface area contributed by atoms with E-state index in [4.69, 9.17) is 4.74 Å². The van der Waals surface area contributed by atoms with Gasteiger partial charge in [0.15, 0.2) is 5.12 Å². The van der Waals surface area contributed by atoms with Gasteiger partial charge in [0.2, 0.25) is 0 Å². The number of rotatable bonds is 3. The van der Waals surface area contributed by atoms with Crippen LogP contribution in [0.15, 0.2) is 54.1 Å². The Morgan fingerprint density at radius 3 is 2.53 bits per heavy atom. The Morgan fingerprint density at radius 2 is 1.89 bits per heavy atom. The van der Waals surface area contributed by atoms with Crippen LogP contribution in [0.25, 0.3) is 10.8 Å². The van der Waals surface area contributed by atoms with E-state index in [0.29, 0.717) is 5.56 Å². The zero-order valence-corrected chi connectivity index (χ0v) is 11.2. The number of ether oxygens (including phenoxy) is 1. The molecular weight excluding hydrogens is 260 g/mol. The van der Waals surface area contributed by atoms with E-state index in [1.165, 1.54) is 6.92 Å². The molecule has 0 amide bonds. The Morgan fingerprint density at radius 1 is 1.21 bits per heavy atom. The number of esters is 1. The van der Waals surface area contributed by atoms with E-state index < -0.39 is 5.97 Å². The molecule has 2 aromatic rings. The van der Waals surface area contributed by atoms with Gasteiger partial charge in [-0.3, -0.25) is 4.79 Å². The molecule has 19 heavy (non-hydrogen) atoms. The van der Waals surface area contributed by atoms with Crippen LogP contribution in [0.4, 0.5) is 0 Å². The van der Waals surface area contributed by atoms with Gasteiger partial charge in [-0.05, 0) is 17.5 Å². The standard InChI is InChI=1S/C15H12O3S/c1-3-18-15(17)12-8-4-6-11-7-5-9-13(14(11)12)19-10(2)16/h3-9H,1H2,2H3. The first-order valence-corrected chi connectivity index (χ1v) is 6.47. The third-order valence-corrected chi connectivity index (χ3v) is 3.38. The quantitative estimate of drug-likeness (QED) is 0.484. The molecule has 0 fully saturated rings. The molecule has 0 saturated heterocycles. The summed E-state index contributed by atoms with van der Waals surface area (Å²) in [6.07, 6.45) is 1.10. The zero-order chi connectivity index (χ0) is 13.8. The van der Waals surface area contributed by atoms with Crippen LogP contribution in [0, 0.1) is 0 Å². The van der Waals surface area contributed by atoms with Crippen LogP contribution in [-0.4, -0.2) is 11.1 Å². The van der Waals surface area contributed by atoms with E-state index in [1.54, 1.807) is 12.1 Å². The van der Waals surface area contributed by atoms with Gasteiger partial charge in [-0.15, -0.1) is 0 Å². The maximum atomic E-state index is 11.9. The number of hydrogen-bond donors (Lipinski definition) is 0. The number of thioether (sulfide) groups is 1. The third kappa shape index (κ3) is 2.85. The Kier molecular flexibility index (Phi) is 4.02. The number of fused-ring (bicyclic) bond motifs is 1. The largest absolute Gasteiger partial charge is 0.432 e. The highest BCUT2D eigenvalue weighted by Gasteiger charge is 2.14. The summed E-state index contributed by atoms with van der Waals surface area (Å²) in [5, 5.41) is 1.60. The molecule has 0 aliphatic carbocycles. The minimum absolute atomic E-state index is 0.0283. The molecule has 0 aliphatic rings. The van der Waals surface area contributed by atoms with Crippen LogP contribution in [0.1, 0.15) is 17.3 Å². The Hall–Kier alpha value is -2.07. The van der Waals surface area contributed by atoms with Crippen molar-refractivity contribution in [2.24, 2.45) is 0 Å². The van der Waals surface area contributed by atoms with Crippen LogP contribution >= 0.6 is 11.8 Å². The highest BCUT2D eigenvalue weighted by atomic mass is 32.2. The van der Waals surface area contributed by atoms with Crippen LogP contribution in [0.2, 0.25) is 0 Å². The normalized spacial score (nSPS) is 10.2. The molecule has 0 unspecified atom stereocenters. The van der Waals surface area contributed by atoms with Crippen molar-refractivity contribution in [3.05, 3.63) is 54.8 Å². The monoisotopic (exact) mass is 272 g/mol. The van der Waals surface area contributed by atoms with E-state index in [2.05, 4.69) is 6.58 Å². The van der Waals surface area contributed by atoms with Crippen molar-refractivity contribution >= 4 is 33.6 Å². The van der Waals surface area contributed by atoms with E-state index in [1.807, 2.05) is 24.3 Å². The van der Waals surface area contributed by atoms with Gasteiger partial charge in [0.1, 0.15) is 0 Å². The second-order valence-electron chi connectivity index (χ2n) is 3.83. The van der Waals surface area contributed by atoms with Crippen molar-refractivity contribution < 1.29 is 14.3 Å². The van der Waals surface area contributed by atoms with Crippen LogP contribution in [0.5, 0.6) is 0 Å². The predicted octanol–water partition coefficient (Wildman–Crippen LogP) is 3.78. The molecule has 0 aliphatic heterocycles. The summed E-state index contributed by atoms with van der Waals surface area (Å²) in [5.41, 5.74) is 0.432. The van der Waals surface area contributed by atoms with E-state index in [-0.39, 0.29) is 5.12 Å². The molecule has 0 bridgehead atoms. The lowest BCUT2D eigenvalue weighted by Crippen LogP contribution is -2.02. The number of hydrogen-bond acceptors (Lipinski definition) is 4. The van der Waals surface area contributed by atoms with Crippen LogP contribution in [0.3, 0.4) is 0 Å². The fourth-order valence-corrected chi connectivity index (χ4v) is 2.64. The molecule has 0 aromatic heterocycles. The summed E-state index contributed by atoms with van der Waals surface area (Å²) >= 11 is 1.11. The highest BCUT2D eigenvalue weighted by Crippen LogP contribution is 2.31. The van der Waals surface area contributed by atoms with Crippen molar-refractivity contribution in [3.8, 4) is 0 Å². The maximum Gasteiger partial charge on any atom is 0.343 e. The van der Waals surface area contributed by atoms with Gasteiger partial charge in [-0.1, -0.05) is 42.6 Å². The Bertz CT molecular complexity index is 656. The van der Waals surface area contributed by atoms with E-state index >= 15 is 0 Å². The number of carbonyl (C=O) groups is 2. The van der Waals surface area contributed by atoms with Crippen molar-refractivity contribution in [2.45, 2.75) is 11.8 Å². The average Bonchev–Trinajstić information content (AvgIpc) is 2.38. The first kappa shape index (κ1) is 13.4. The van der Waals surface area contributed by atoms with Gasteiger partial charge in [-0.2, -0.15) is 0 Å². The smallest absolute Gasteiger partial charge is 0.343 e. The fourth-order valence-electron chi connectivity index (χ4n) is 1.86. The van der Waals surface area contributed by atoms with Crippen LogP contribution < -0.4 is 0 Å². The molecule has 2 aromatic carbocycles. The van der Waals surface area contributed by atoms with E-state index in [0.717, 1.165) is 33.7 Å². The lowest BCUT2D eigenvalue weighted by atomic mass is 10.0. The molecule has 4 heteroatoms. The zero-order valence-electron chi connectivity index (χ0n) is 10.4. The second kappa shape index (κ2) is 5.71. The average molecular weight is 272 g/mol. The minimum atomic E-state index is -0.475. The van der Waals surface area contributed by atoms with Gasteiger partial charge in [0.05, 0.1) is 11.8 Å². The molecular formula is C15H12O3S. The van der Waals surface area contributed by atoms with Gasteiger partial charge >= 0.3 is 5.97 Å². The van der Waals surface area contributed by atoms with Crippen molar-refractivity contribution in [2.75, 3.05) is 0 Å². The van der Waals surface area contributed by atoms with Gasteiger partial charge < -0.3 is 4.74 Å². The predicted molar refractivity (Wildman–Crippen MR) is 76.1 cm³/mol. The van der Waals surface area contributed by atoms with E-state index in [9.17, 15) is 9.59 Å². The molecule has 0 spiro atoms. The molecule has 0 atom stereocenters. The summed E-state index contributed by atoms with van der Waals surface area (Å²) in [6, 6.07) is 10.9. The molecule has 96 valence electrons. The lowest BCUT2D eigenvalue weighted by Gasteiger charge is -2.08. The summed E-state index contributed by atoms with van der Waals surface area (Å²) < 4.78 is 4.83. The SMILES string of the molecule is C=COC(=O)c1cccc2cccc(SC(C)=O)c12. The summed E-state index contributed by atoms with van der Waals surface area (Å²) in [7, 11) is 0. The van der Waals surface area contributed by atoms with Gasteiger partial charge in [0.25, 0.3) is 0 Å². The third-order valence-electron chi connectivity index (χ3n) is 2.53. The molecule has 0 heterocycles. The highest BCUT2D eigenvalue weighted by molar-refractivity contribution is 8.13. The maximum absolute atomic E-state index is 11.9. The molecule has 0 N–H and O–H groups in total. The first-order chi connectivity index (χ1) is 9.13. The lowest BCUT2D eigenvalue weighted by molar-refractivity contribution is -0.109. The topological polar surface area (TPSA) is 43.4 Å². The Balaban J connectivity index is 2.66.